The molecule has 4 rings (SSSR count). The van der Waals surface area contributed by atoms with Crippen molar-refractivity contribution in [3.8, 4) is 5.88 Å². The third-order valence-electron chi connectivity index (χ3n) is 4.83. The van der Waals surface area contributed by atoms with Crippen LogP contribution in [0.4, 0.5) is 0 Å². The Hall–Kier alpha value is -1.72. The molecule has 2 aliphatic rings. The molecule has 2 aromatic heterocycles. The number of fused-ring (bicyclic) bond motifs is 3. The van der Waals surface area contributed by atoms with E-state index in [4.69, 9.17) is 4.74 Å². The van der Waals surface area contributed by atoms with E-state index in [9.17, 15) is 0 Å². The first-order valence-electron chi connectivity index (χ1n) is 7.38. The van der Waals surface area contributed by atoms with Crippen LogP contribution in [0.1, 0.15) is 39.0 Å². The molecule has 0 N–H and O–H groups in total. The van der Waals surface area contributed by atoms with Crippen molar-refractivity contribution in [2.75, 3.05) is 6.61 Å². The Balaban J connectivity index is 1.46. The highest BCUT2D eigenvalue weighted by Crippen LogP contribution is 2.50. The smallest absolute Gasteiger partial charge is 0.233 e. The lowest BCUT2D eigenvalue weighted by atomic mass is 9.71. The van der Waals surface area contributed by atoms with Gasteiger partial charge in [-0.05, 0) is 47.6 Å². The molecule has 0 saturated heterocycles. The molecule has 6 nitrogen and oxygen atoms in total. The van der Waals surface area contributed by atoms with Crippen LogP contribution in [-0.4, -0.2) is 31.9 Å². The van der Waals surface area contributed by atoms with Crippen LogP contribution in [0.5, 0.6) is 5.88 Å². The van der Waals surface area contributed by atoms with Gasteiger partial charge in [-0.25, -0.2) is 0 Å². The van der Waals surface area contributed by atoms with Gasteiger partial charge in [-0.1, -0.05) is 19.8 Å². The highest BCUT2D eigenvalue weighted by molar-refractivity contribution is 5.34. The largest absolute Gasteiger partial charge is 0.476 e. The number of ether oxygens (including phenoxy) is 1. The molecule has 2 heterocycles. The summed E-state index contributed by atoms with van der Waals surface area (Å²) in [5, 5.41) is 15.5. The number of hydrogen-bond acceptors (Lipinski definition) is 5. The summed E-state index contributed by atoms with van der Waals surface area (Å²) in [4.78, 5) is 0. The predicted octanol–water partition coefficient (Wildman–Crippen LogP) is 2.11. The Morgan fingerprint density at radius 1 is 1.30 bits per heavy atom. The van der Waals surface area contributed by atoms with Crippen molar-refractivity contribution in [2.24, 2.45) is 17.3 Å². The molecule has 0 amide bonds. The van der Waals surface area contributed by atoms with Gasteiger partial charge in [0.05, 0.1) is 6.61 Å². The molecule has 2 aliphatic carbocycles. The van der Waals surface area contributed by atoms with Crippen LogP contribution < -0.4 is 4.74 Å². The summed E-state index contributed by atoms with van der Waals surface area (Å²) in [7, 11) is 0. The molecule has 3 atom stereocenters. The van der Waals surface area contributed by atoms with Gasteiger partial charge in [0, 0.05) is 11.5 Å². The van der Waals surface area contributed by atoms with Crippen molar-refractivity contribution in [2.45, 2.75) is 39.0 Å². The van der Waals surface area contributed by atoms with Gasteiger partial charge < -0.3 is 4.74 Å². The number of aromatic nitrogens is 5. The van der Waals surface area contributed by atoms with Gasteiger partial charge in [-0.15, -0.1) is 14.8 Å². The summed E-state index contributed by atoms with van der Waals surface area (Å²) in [6.45, 7) is 3.09. The summed E-state index contributed by atoms with van der Waals surface area (Å²) in [6, 6.07) is 3.67. The molecule has 2 fully saturated rings. The van der Waals surface area contributed by atoms with Crippen molar-refractivity contribution in [3.05, 3.63) is 12.1 Å². The summed E-state index contributed by atoms with van der Waals surface area (Å²) in [5.74, 6) is 2.43. The maximum atomic E-state index is 5.92. The summed E-state index contributed by atoms with van der Waals surface area (Å²) in [5.41, 5.74) is 0.931. The van der Waals surface area contributed by atoms with Crippen LogP contribution in [0.25, 0.3) is 5.65 Å². The third kappa shape index (κ3) is 2.13. The van der Waals surface area contributed by atoms with Crippen LogP contribution in [0.15, 0.2) is 12.1 Å². The first-order valence-corrected chi connectivity index (χ1v) is 7.38. The lowest BCUT2D eigenvalue weighted by molar-refractivity contribution is 0.0779. The molecule has 106 valence electrons. The van der Waals surface area contributed by atoms with E-state index < -0.39 is 0 Å². The molecule has 0 spiro atoms. The molecular weight excluding hydrogens is 254 g/mol. The van der Waals surface area contributed by atoms with E-state index >= 15 is 0 Å². The summed E-state index contributed by atoms with van der Waals surface area (Å²) in [6.07, 6.45) is 6.84. The fourth-order valence-corrected chi connectivity index (χ4v) is 4.10. The number of hydrogen-bond donors (Lipinski definition) is 0. The predicted molar refractivity (Wildman–Crippen MR) is 72.2 cm³/mol. The lowest BCUT2D eigenvalue weighted by Crippen LogP contribution is -2.32. The van der Waals surface area contributed by atoms with E-state index in [-0.39, 0.29) is 0 Å². The first-order chi connectivity index (χ1) is 9.70. The van der Waals surface area contributed by atoms with Crippen LogP contribution >= 0.6 is 0 Å². The highest BCUT2D eigenvalue weighted by Gasteiger charge is 2.41. The first kappa shape index (κ1) is 12.1. The minimum Gasteiger partial charge on any atom is -0.476 e. The minimum absolute atomic E-state index is 0.293. The van der Waals surface area contributed by atoms with Crippen LogP contribution in [-0.2, 0) is 0 Å². The molecular formula is C14H19N5O. The van der Waals surface area contributed by atoms with E-state index in [0.717, 1.165) is 18.4 Å². The Kier molecular flexibility index (Phi) is 2.65. The minimum atomic E-state index is 0.293. The van der Waals surface area contributed by atoms with E-state index in [0.29, 0.717) is 16.9 Å². The monoisotopic (exact) mass is 273 g/mol. The van der Waals surface area contributed by atoms with E-state index in [1.54, 1.807) is 0 Å². The fraction of sp³-hybridized carbons (Fsp3) is 0.714. The van der Waals surface area contributed by atoms with Gasteiger partial charge in [-0.3, -0.25) is 0 Å². The van der Waals surface area contributed by atoms with Gasteiger partial charge in [0.25, 0.3) is 0 Å². The Bertz CT molecular complexity index is 613. The number of rotatable bonds is 3. The Morgan fingerprint density at radius 2 is 2.10 bits per heavy atom. The highest BCUT2D eigenvalue weighted by atomic mass is 16.5. The van der Waals surface area contributed by atoms with Crippen LogP contribution in [0.3, 0.4) is 0 Å². The molecule has 2 saturated carbocycles. The van der Waals surface area contributed by atoms with E-state index in [2.05, 4.69) is 27.5 Å². The molecule has 20 heavy (non-hydrogen) atoms. The average molecular weight is 273 g/mol. The van der Waals surface area contributed by atoms with Gasteiger partial charge >= 0.3 is 0 Å². The zero-order valence-corrected chi connectivity index (χ0v) is 11.7. The number of tetrazole rings is 1. The van der Waals surface area contributed by atoms with Gasteiger partial charge in [-0.2, -0.15) is 0 Å². The van der Waals surface area contributed by atoms with Crippen LogP contribution in [0.2, 0.25) is 0 Å². The standard InChI is InChI=1S/C14H19N5O/c1-14(7-10-2-3-11(6-10)8-14)9-20-13-5-4-12-15-17-18-19(12)16-13/h4-5,10-11H,2-3,6-9H2,1H3/t10-,11+,14?. The van der Waals surface area contributed by atoms with E-state index in [1.165, 1.54) is 36.7 Å². The molecule has 1 unspecified atom stereocenters. The second-order valence-electron chi connectivity index (χ2n) is 6.75. The Morgan fingerprint density at radius 3 is 2.90 bits per heavy atom. The lowest BCUT2D eigenvalue weighted by Gasteiger charge is -2.37. The van der Waals surface area contributed by atoms with Crippen LogP contribution in [0, 0.1) is 17.3 Å². The van der Waals surface area contributed by atoms with Gasteiger partial charge in [0.1, 0.15) is 0 Å². The maximum Gasteiger partial charge on any atom is 0.233 e. The quantitative estimate of drug-likeness (QED) is 0.857. The zero-order valence-electron chi connectivity index (χ0n) is 11.7. The molecule has 0 aliphatic heterocycles. The zero-order chi connectivity index (χ0) is 13.6. The second kappa shape index (κ2) is 4.40. The van der Waals surface area contributed by atoms with Crippen molar-refractivity contribution in [1.29, 1.82) is 0 Å². The van der Waals surface area contributed by atoms with Crippen molar-refractivity contribution < 1.29 is 4.74 Å². The second-order valence-corrected chi connectivity index (χ2v) is 6.75. The fourth-order valence-electron chi connectivity index (χ4n) is 4.10. The van der Waals surface area contributed by atoms with Crippen molar-refractivity contribution in [1.82, 2.24) is 25.3 Å². The molecule has 2 bridgehead atoms. The number of nitrogens with zero attached hydrogens (tertiary/aromatic N) is 5. The Labute approximate surface area is 117 Å². The van der Waals surface area contributed by atoms with E-state index in [1.807, 2.05) is 12.1 Å². The maximum absolute atomic E-state index is 5.92. The van der Waals surface area contributed by atoms with Gasteiger partial charge in [0.15, 0.2) is 5.65 Å². The molecule has 6 heteroatoms. The van der Waals surface area contributed by atoms with Gasteiger partial charge in [0.2, 0.25) is 5.88 Å². The summed E-state index contributed by atoms with van der Waals surface area (Å²) < 4.78 is 7.33. The average Bonchev–Trinajstić information content (AvgIpc) is 3.02. The van der Waals surface area contributed by atoms with Crippen molar-refractivity contribution >= 4 is 5.65 Å². The topological polar surface area (TPSA) is 65.2 Å². The van der Waals surface area contributed by atoms with Crippen molar-refractivity contribution in [3.63, 3.8) is 0 Å². The SMILES string of the molecule is CC1(COc2ccc3nnnn3n2)C[C@@H]2CC[C@@H](C2)C1. The molecule has 0 radical (unpaired) electrons. The molecule has 2 aromatic rings. The third-order valence-corrected chi connectivity index (χ3v) is 4.83. The normalized spacial score (nSPS) is 32.6. The molecule has 0 aromatic carbocycles. The summed E-state index contributed by atoms with van der Waals surface area (Å²) >= 11 is 0.